The molecule has 0 saturated carbocycles. The second-order valence-corrected chi connectivity index (χ2v) is 5.24. The highest BCUT2D eigenvalue weighted by Crippen LogP contribution is 2.19. The molecule has 0 aliphatic carbocycles. The summed E-state index contributed by atoms with van der Waals surface area (Å²) in [6, 6.07) is -0.0172. The Bertz CT molecular complexity index is 302. The van der Waals surface area contributed by atoms with Crippen molar-refractivity contribution >= 4 is 5.97 Å². The molecule has 0 aromatic carbocycles. The maximum Gasteiger partial charge on any atom is 0.324 e. The van der Waals surface area contributed by atoms with Gasteiger partial charge in [0.05, 0.1) is 33.5 Å². The van der Waals surface area contributed by atoms with Crippen LogP contribution in [0.15, 0.2) is 0 Å². The van der Waals surface area contributed by atoms with E-state index in [4.69, 9.17) is 14.2 Å². The van der Waals surface area contributed by atoms with Gasteiger partial charge in [-0.1, -0.05) is 6.92 Å². The molecule has 2 aliphatic rings. The Labute approximate surface area is 120 Å². The Morgan fingerprint density at radius 3 is 2.00 bits per heavy atom. The summed E-state index contributed by atoms with van der Waals surface area (Å²) in [5.74, 6) is -0.134. The smallest absolute Gasteiger partial charge is 0.324 e. The summed E-state index contributed by atoms with van der Waals surface area (Å²) in [5, 5.41) is 0. The van der Waals surface area contributed by atoms with Crippen molar-refractivity contribution in [3.63, 3.8) is 0 Å². The normalized spacial score (nSPS) is 25.1. The first kappa shape index (κ1) is 15.7. The molecule has 0 unspecified atom stereocenters. The van der Waals surface area contributed by atoms with Crippen LogP contribution in [0.4, 0.5) is 0 Å². The minimum Gasteiger partial charge on any atom is -0.468 e. The van der Waals surface area contributed by atoms with Crippen molar-refractivity contribution in [3.8, 4) is 0 Å². The van der Waals surface area contributed by atoms with Crippen molar-refractivity contribution in [2.75, 3.05) is 59.7 Å². The third-order valence-corrected chi connectivity index (χ3v) is 4.18. The number of ether oxygens (including phenoxy) is 3. The summed E-state index contributed by atoms with van der Waals surface area (Å²) in [6.45, 7) is 8.35. The number of esters is 1. The Balaban J connectivity index is 2.11. The lowest BCUT2D eigenvalue weighted by molar-refractivity contribution is -0.153. The Hall–Kier alpha value is -0.690. The predicted molar refractivity (Wildman–Crippen MR) is 74.7 cm³/mol. The molecule has 2 fully saturated rings. The van der Waals surface area contributed by atoms with Gasteiger partial charge in [-0.3, -0.25) is 14.6 Å². The predicted octanol–water partition coefficient (Wildman–Crippen LogP) is -0.0290. The van der Waals surface area contributed by atoms with Crippen LogP contribution in [0.25, 0.3) is 0 Å². The first-order valence-corrected chi connectivity index (χ1v) is 7.49. The van der Waals surface area contributed by atoms with Gasteiger partial charge in [0, 0.05) is 32.2 Å². The summed E-state index contributed by atoms with van der Waals surface area (Å²) in [6.07, 6.45) is 0.928. The molecule has 116 valence electrons. The molecule has 0 radical (unpaired) electrons. The van der Waals surface area contributed by atoms with Crippen molar-refractivity contribution in [1.29, 1.82) is 0 Å². The molecule has 2 heterocycles. The fourth-order valence-corrected chi connectivity index (χ4v) is 3.12. The van der Waals surface area contributed by atoms with Crippen molar-refractivity contribution in [2.45, 2.75) is 25.4 Å². The molecule has 0 spiro atoms. The molecule has 0 amide bonds. The number of hydrogen-bond donors (Lipinski definition) is 0. The molecule has 2 rings (SSSR count). The van der Waals surface area contributed by atoms with Crippen LogP contribution in [0.5, 0.6) is 0 Å². The average molecular weight is 286 g/mol. The summed E-state index contributed by atoms with van der Waals surface area (Å²) in [7, 11) is 1.47. The van der Waals surface area contributed by atoms with Crippen molar-refractivity contribution < 1.29 is 19.0 Å². The molecular formula is C14H26N2O4. The molecule has 20 heavy (non-hydrogen) atoms. The van der Waals surface area contributed by atoms with Gasteiger partial charge >= 0.3 is 5.97 Å². The third kappa shape index (κ3) is 3.69. The van der Waals surface area contributed by atoms with Crippen LogP contribution in [0.2, 0.25) is 0 Å². The van der Waals surface area contributed by atoms with Crippen LogP contribution < -0.4 is 0 Å². The molecule has 0 aromatic rings. The number of morpholine rings is 2. The van der Waals surface area contributed by atoms with Crippen LogP contribution in [0.1, 0.15) is 13.3 Å². The number of methoxy groups -OCH3 is 1. The number of carbonyl (C=O) groups excluding carboxylic acids is 1. The highest BCUT2D eigenvalue weighted by Gasteiger charge is 2.38. The van der Waals surface area contributed by atoms with Gasteiger partial charge in [-0.25, -0.2) is 0 Å². The van der Waals surface area contributed by atoms with E-state index in [2.05, 4.69) is 16.7 Å². The van der Waals surface area contributed by atoms with E-state index in [-0.39, 0.29) is 18.1 Å². The van der Waals surface area contributed by atoms with Gasteiger partial charge in [-0.15, -0.1) is 0 Å². The average Bonchev–Trinajstić information content (AvgIpc) is 2.53. The fraction of sp³-hybridized carbons (Fsp3) is 0.929. The number of hydrogen-bond acceptors (Lipinski definition) is 6. The van der Waals surface area contributed by atoms with Crippen LogP contribution in [0, 0.1) is 0 Å². The Morgan fingerprint density at radius 1 is 1.05 bits per heavy atom. The fourth-order valence-electron chi connectivity index (χ4n) is 3.12. The van der Waals surface area contributed by atoms with Gasteiger partial charge in [0.1, 0.15) is 6.04 Å². The van der Waals surface area contributed by atoms with Gasteiger partial charge in [0.2, 0.25) is 0 Å². The molecule has 6 heteroatoms. The SMILES string of the molecule is CC[C@@H]([C@@H](C(=O)OC)N1CCOCC1)N1CCOCC1. The zero-order chi connectivity index (χ0) is 14.4. The van der Waals surface area contributed by atoms with Crippen LogP contribution >= 0.6 is 0 Å². The molecule has 0 N–H and O–H groups in total. The van der Waals surface area contributed by atoms with E-state index in [0.29, 0.717) is 13.2 Å². The summed E-state index contributed by atoms with van der Waals surface area (Å²) < 4.78 is 15.9. The summed E-state index contributed by atoms with van der Waals surface area (Å²) in [5.41, 5.74) is 0. The van der Waals surface area contributed by atoms with Crippen LogP contribution in [-0.4, -0.2) is 87.6 Å². The molecule has 6 nitrogen and oxygen atoms in total. The van der Waals surface area contributed by atoms with Crippen LogP contribution in [0.3, 0.4) is 0 Å². The van der Waals surface area contributed by atoms with E-state index in [1.807, 2.05) is 0 Å². The van der Waals surface area contributed by atoms with Crippen molar-refractivity contribution in [2.24, 2.45) is 0 Å². The topological polar surface area (TPSA) is 51.2 Å². The molecule has 0 aromatic heterocycles. The zero-order valence-electron chi connectivity index (χ0n) is 12.5. The van der Waals surface area contributed by atoms with E-state index in [1.165, 1.54) is 7.11 Å². The second-order valence-electron chi connectivity index (χ2n) is 5.24. The Kier molecular flexibility index (Phi) is 6.22. The van der Waals surface area contributed by atoms with E-state index in [9.17, 15) is 4.79 Å². The van der Waals surface area contributed by atoms with E-state index >= 15 is 0 Å². The number of nitrogens with zero attached hydrogens (tertiary/aromatic N) is 2. The maximum absolute atomic E-state index is 12.3. The highest BCUT2D eigenvalue weighted by atomic mass is 16.5. The van der Waals surface area contributed by atoms with Crippen molar-refractivity contribution in [3.05, 3.63) is 0 Å². The van der Waals surface area contributed by atoms with Crippen molar-refractivity contribution in [1.82, 2.24) is 9.80 Å². The largest absolute Gasteiger partial charge is 0.468 e. The monoisotopic (exact) mass is 286 g/mol. The molecule has 2 atom stereocenters. The first-order valence-electron chi connectivity index (χ1n) is 7.49. The third-order valence-electron chi connectivity index (χ3n) is 4.18. The van der Waals surface area contributed by atoms with Gasteiger partial charge < -0.3 is 14.2 Å². The van der Waals surface area contributed by atoms with E-state index in [0.717, 1.165) is 45.8 Å². The van der Waals surface area contributed by atoms with E-state index in [1.54, 1.807) is 0 Å². The quantitative estimate of drug-likeness (QED) is 0.662. The van der Waals surface area contributed by atoms with Gasteiger partial charge in [-0.2, -0.15) is 0 Å². The number of carbonyl (C=O) groups is 1. The molecule has 0 bridgehead atoms. The highest BCUT2D eigenvalue weighted by molar-refractivity contribution is 5.76. The molecule has 2 aliphatic heterocycles. The van der Waals surface area contributed by atoms with Gasteiger partial charge in [0.25, 0.3) is 0 Å². The minimum atomic E-state index is -0.202. The standard InChI is InChI=1S/C14H26N2O4/c1-3-12(15-4-8-19-9-5-15)13(14(17)18-2)16-6-10-20-11-7-16/h12-13H,3-11H2,1-2H3/t12-,13-/m0/s1. The first-order chi connectivity index (χ1) is 9.77. The maximum atomic E-state index is 12.3. The van der Waals surface area contributed by atoms with E-state index < -0.39 is 0 Å². The second kappa shape index (κ2) is 7.93. The lowest BCUT2D eigenvalue weighted by Crippen LogP contribution is -2.60. The number of rotatable bonds is 5. The lowest BCUT2D eigenvalue weighted by Gasteiger charge is -2.42. The van der Waals surface area contributed by atoms with Gasteiger partial charge in [0.15, 0.2) is 0 Å². The summed E-state index contributed by atoms with van der Waals surface area (Å²) >= 11 is 0. The summed E-state index contributed by atoms with van der Waals surface area (Å²) in [4.78, 5) is 16.9. The lowest BCUT2D eigenvalue weighted by atomic mass is 10.0. The molecule has 2 saturated heterocycles. The zero-order valence-corrected chi connectivity index (χ0v) is 12.5. The van der Waals surface area contributed by atoms with Crippen LogP contribution in [-0.2, 0) is 19.0 Å². The Morgan fingerprint density at radius 2 is 1.55 bits per heavy atom. The minimum absolute atomic E-state index is 0.134. The van der Waals surface area contributed by atoms with Gasteiger partial charge in [-0.05, 0) is 6.42 Å². The molecular weight excluding hydrogens is 260 g/mol.